The lowest BCUT2D eigenvalue weighted by Gasteiger charge is -2.23. The maximum Gasteiger partial charge on any atom is 0.258 e. The van der Waals surface area contributed by atoms with Gasteiger partial charge in [-0.3, -0.25) is 4.79 Å². The number of benzene rings is 1. The van der Waals surface area contributed by atoms with Crippen LogP contribution in [0.5, 0.6) is 5.75 Å². The van der Waals surface area contributed by atoms with Crippen LogP contribution in [0.4, 0.5) is 0 Å². The molecule has 1 aromatic rings. The third kappa shape index (κ3) is 2.86. The van der Waals surface area contributed by atoms with Crippen molar-refractivity contribution in [3.63, 3.8) is 0 Å². The number of amides is 1. The van der Waals surface area contributed by atoms with E-state index in [0.29, 0.717) is 6.04 Å². The van der Waals surface area contributed by atoms with E-state index in [1.807, 2.05) is 6.07 Å². The van der Waals surface area contributed by atoms with Gasteiger partial charge in [0.15, 0.2) is 6.61 Å². The van der Waals surface area contributed by atoms with E-state index >= 15 is 0 Å². The van der Waals surface area contributed by atoms with Gasteiger partial charge in [-0.2, -0.15) is 0 Å². The summed E-state index contributed by atoms with van der Waals surface area (Å²) in [6.45, 7) is 0.146. The predicted molar refractivity (Wildman–Crippen MR) is 86.0 cm³/mol. The van der Waals surface area contributed by atoms with Crippen LogP contribution in [-0.2, 0) is 17.6 Å². The van der Waals surface area contributed by atoms with Crippen LogP contribution in [0.1, 0.15) is 49.7 Å². The molecule has 0 aromatic heterocycles. The van der Waals surface area contributed by atoms with Crippen molar-refractivity contribution in [2.75, 3.05) is 6.61 Å². The van der Waals surface area contributed by atoms with Gasteiger partial charge in [-0.15, -0.1) is 0 Å². The third-order valence-corrected chi connectivity index (χ3v) is 5.77. The molecule has 118 valence electrons. The fourth-order valence-corrected chi connectivity index (χ4v) is 4.62. The fourth-order valence-electron chi connectivity index (χ4n) is 4.62. The fraction of sp³-hybridized carbons (Fsp3) is 0.632. The zero-order chi connectivity index (χ0) is 14.9. The van der Waals surface area contributed by atoms with Gasteiger partial charge in [0.1, 0.15) is 5.75 Å². The minimum atomic E-state index is 0.0373. The lowest BCUT2D eigenvalue weighted by molar-refractivity contribution is -0.124. The van der Waals surface area contributed by atoms with Gasteiger partial charge >= 0.3 is 0 Å². The van der Waals surface area contributed by atoms with E-state index in [1.54, 1.807) is 0 Å². The van der Waals surface area contributed by atoms with Crippen LogP contribution < -0.4 is 10.1 Å². The molecule has 2 fully saturated rings. The van der Waals surface area contributed by atoms with Crippen LogP contribution in [0.2, 0.25) is 0 Å². The molecule has 0 spiro atoms. The minimum absolute atomic E-state index is 0.0373. The van der Waals surface area contributed by atoms with E-state index in [9.17, 15) is 4.79 Å². The topological polar surface area (TPSA) is 38.3 Å². The molecule has 3 heteroatoms. The lowest BCUT2D eigenvalue weighted by Crippen LogP contribution is -2.40. The highest BCUT2D eigenvalue weighted by molar-refractivity contribution is 5.78. The third-order valence-electron chi connectivity index (χ3n) is 5.77. The number of aryl methyl sites for hydroxylation is 2. The Bertz CT molecular complexity index is 569. The number of rotatable bonds is 4. The molecule has 4 rings (SSSR count). The van der Waals surface area contributed by atoms with E-state index in [2.05, 4.69) is 17.4 Å². The van der Waals surface area contributed by atoms with Gasteiger partial charge in [0, 0.05) is 6.04 Å². The quantitative estimate of drug-likeness (QED) is 0.927. The molecule has 0 radical (unpaired) electrons. The first-order chi connectivity index (χ1) is 10.8. The first-order valence-corrected chi connectivity index (χ1v) is 8.82. The van der Waals surface area contributed by atoms with Crippen LogP contribution >= 0.6 is 0 Å². The molecule has 22 heavy (non-hydrogen) atoms. The molecule has 2 bridgehead atoms. The summed E-state index contributed by atoms with van der Waals surface area (Å²) in [6.07, 6.45) is 10.0. The van der Waals surface area contributed by atoms with Gasteiger partial charge < -0.3 is 10.1 Å². The van der Waals surface area contributed by atoms with Gasteiger partial charge in [0.2, 0.25) is 0 Å². The summed E-state index contributed by atoms with van der Waals surface area (Å²) in [5.41, 5.74) is 2.85. The molecule has 3 aliphatic rings. The zero-order valence-electron chi connectivity index (χ0n) is 13.1. The van der Waals surface area contributed by atoms with Crippen LogP contribution in [0.25, 0.3) is 0 Å². The van der Waals surface area contributed by atoms with E-state index in [-0.39, 0.29) is 12.5 Å². The molecule has 3 aliphatic carbocycles. The molecule has 3 nitrogen and oxygen atoms in total. The van der Waals surface area contributed by atoms with Crippen molar-refractivity contribution < 1.29 is 9.53 Å². The van der Waals surface area contributed by atoms with E-state index < -0.39 is 0 Å². The maximum atomic E-state index is 12.1. The molecule has 1 aromatic carbocycles. The molecule has 3 atom stereocenters. The van der Waals surface area contributed by atoms with Crippen LogP contribution in [0.3, 0.4) is 0 Å². The standard InChI is InChI=1S/C19H25NO2/c21-19(20-18-10-13-5-6-16(18)9-13)12-22-17-8-7-14-3-1-2-4-15(14)11-17/h7-8,11,13,16,18H,1-6,9-10,12H2,(H,20,21)/t13-,16-,18-/m0/s1. The zero-order valence-corrected chi connectivity index (χ0v) is 13.1. The van der Waals surface area contributed by atoms with Crippen molar-refractivity contribution in [2.24, 2.45) is 11.8 Å². The Morgan fingerprint density at radius 1 is 1.14 bits per heavy atom. The monoisotopic (exact) mass is 299 g/mol. The van der Waals surface area contributed by atoms with Crippen LogP contribution in [0, 0.1) is 11.8 Å². The summed E-state index contributed by atoms with van der Waals surface area (Å²) in [5, 5.41) is 3.18. The normalized spacial score (nSPS) is 29.2. The van der Waals surface area contributed by atoms with Gasteiger partial charge in [0.05, 0.1) is 0 Å². The average molecular weight is 299 g/mol. The molecule has 0 heterocycles. The molecule has 2 saturated carbocycles. The summed E-state index contributed by atoms with van der Waals surface area (Å²) in [4.78, 5) is 12.1. The smallest absolute Gasteiger partial charge is 0.258 e. The molecular weight excluding hydrogens is 274 g/mol. The van der Waals surface area contributed by atoms with Gasteiger partial charge in [0.25, 0.3) is 5.91 Å². The summed E-state index contributed by atoms with van der Waals surface area (Å²) in [5.74, 6) is 2.45. The highest BCUT2D eigenvalue weighted by Gasteiger charge is 2.40. The van der Waals surface area contributed by atoms with Gasteiger partial charge in [-0.25, -0.2) is 0 Å². The first-order valence-electron chi connectivity index (χ1n) is 8.82. The SMILES string of the molecule is O=C(COc1ccc2c(c1)CCCC2)N[C@H]1C[C@H]2CC[C@H]1C2. The Labute approximate surface area is 132 Å². The second-order valence-corrected chi connectivity index (χ2v) is 7.28. The number of hydrogen-bond donors (Lipinski definition) is 1. The van der Waals surface area contributed by atoms with E-state index in [0.717, 1.165) is 24.0 Å². The Hall–Kier alpha value is -1.51. The number of fused-ring (bicyclic) bond motifs is 3. The highest BCUT2D eigenvalue weighted by atomic mass is 16.5. The Kier molecular flexibility index (Phi) is 3.81. The molecule has 0 saturated heterocycles. The van der Waals surface area contributed by atoms with Crippen molar-refractivity contribution >= 4 is 5.91 Å². The predicted octanol–water partition coefficient (Wildman–Crippen LogP) is 3.25. The van der Waals surface area contributed by atoms with Crippen molar-refractivity contribution in [1.82, 2.24) is 5.32 Å². The number of carbonyl (C=O) groups excluding carboxylic acids is 1. The van der Waals surface area contributed by atoms with Gasteiger partial charge in [-0.1, -0.05) is 12.5 Å². The van der Waals surface area contributed by atoms with Crippen molar-refractivity contribution in [1.29, 1.82) is 0 Å². The molecule has 0 unspecified atom stereocenters. The summed E-state index contributed by atoms with van der Waals surface area (Å²) < 4.78 is 5.71. The summed E-state index contributed by atoms with van der Waals surface area (Å²) in [7, 11) is 0. The highest BCUT2D eigenvalue weighted by Crippen LogP contribution is 2.44. The summed E-state index contributed by atoms with van der Waals surface area (Å²) >= 11 is 0. The van der Waals surface area contributed by atoms with Crippen molar-refractivity contribution in [2.45, 2.75) is 57.4 Å². The van der Waals surface area contributed by atoms with Crippen molar-refractivity contribution in [3.05, 3.63) is 29.3 Å². The maximum absolute atomic E-state index is 12.1. The Morgan fingerprint density at radius 3 is 2.77 bits per heavy atom. The van der Waals surface area contributed by atoms with E-state index in [4.69, 9.17) is 4.74 Å². The second kappa shape index (κ2) is 5.94. The molecular formula is C19H25NO2. The van der Waals surface area contributed by atoms with Crippen LogP contribution in [-0.4, -0.2) is 18.6 Å². The second-order valence-electron chi connectivity index (χ2n) is 7.28. The largest absolute Gasteiger partial charge is 0.484 e. The number of carbonyl (C=O) groups is 1. The number of nitrogens with one attached hydrogen (secondary N) is 1. The van der Waals surface area contributed by atoms with Crippen LogP contribution in [0.15, 0.2) is 18.2 Å². The number of ether oxygens (including phenoxy) is 1. The Balaban J connectivity index is 1.30. The van der Waals surface area contributed by atoms with Gasteiger partial charge in [-0.05, 0) is 80.0 Å². The molecule has 0 aliphatic heterocycles. The first kappa shape index (κ1) is 14.1. The lowest BCUT2D eigenvalue weighted by atomic mass is 9.92. The van der Waals surface area contributed by atoms with E-state index in [1.165, 1.54) is 56.1 Å². The minimum Gasteiger partial charge on any atom is -0.484 e. The number of hydrogen-bond acceptors (Lipinski definition) is 2. The van der Waals surface area contributed by atoms with Crippen molar-refractivity contribution in [3.8, 4) is 5.75 Å². The summed E-state index contributed by atoms with van der Waals surface area (Å²) in [6, 6.07) is 6.70. The molecule has 1 N–H and O–H groups in total. The average Bonchev–Trinajstić information content (AvgIpc) is 3.15. The Morgan fingerprint density at radius 2 is 2.00 bits per heavy atom. The molecule has 1 amide bonds.